The molecule has 6 heteroatoms. The van der Waals surface area contributed by atoms with Crippen LogP contribution in [0.3, 0.4) is 0 Å². The van der Waals surface area contributed by atoms with Crippen molar-refractivity contribution in [2.45, 2.75) is 58.0 Å². The number of rotatable bonds is 3. The third kappa shape index (κ3) is 3.31. The zero-order valence-corrected chi connectivity index (χ0v) is 14.8. The molecule has 2 aliphatic rings. The van der Waals surface area contributed by atoms with Crippen LogP contribution in [0.15, 0.2) is 24.4 Å². The van der Waals surface area contributed by atoms with E-state index < -0.39 is 0 Å². The van der Waals surface area contributed by atoms with Crippen LogP contribution in [-0.4, -0.2) is 32.8 Å². The normalized spacial score (nSPS) is 25.6. The van der Waals surface area contributed by atoms with Crippen molar-refractivity contribution in [2.75, 3.05) is 5.32 Å². The van der Waals surface area contributed by atoms with Crippen LogP contribution >= 0.6 is 0 Å². The van der Waals surface area contributed by atoms with Crippen molar-refractivity contribution in [3.8, 4) is 5.82 Å². The zero-order chi connectivity index (χ0) is 17.4. The van der Waals surface area contributed by atoms with Crippen molar-refractivity contribution in [1.82, 2.24) is 20.1 Å². The van der Waals surface area contributed by atoms with E-state index in [-0.39, 0.29) is 11.9 Å². The van der Waals surface area contributed by atoms with Gasteiger partial charge in [-0.3, -0.25) is 4.79 Å². The highest BCUT2D eigenvalue weighted by molar-refractivity contribution is 5.95. The maximum atomic E-state index is 12.6. The van der Waals surface area contributed by atoms with Crippen LogP contribution < -0.4 is 10.6 Å². The number of hydrogen-bond acceptors (Lipinski definition) is 4. The Morgan fingerprint density at radius 3 is 2.80 bits per heavy atom. The van der Waals surface area contributed by atoms with Gasteiger partial charge < -0.3 is 10.6 Å². The van der Waals surface area contributed by atoms with E-state index >= 15 is 0 Å². The summed E-state index contributed by atoms with van der Waals surface area (Å²) in [6.45, 7) is 3.97. The number of nitrogens with zero attached hydrogens (tertiary/aromatic N) is 3. The first-order valence-corrected chi connectivity index (χ1v) is 9.17. The van der Waals surface area contributed by atoms with E-state index in [1.165, 1.54) is 25.7 Å². The molecule has 0 spiro atoms. The Morgan fingerprint density at radius 1 is 1.28 bits per heavy atom. The average Bonchev–Trinajstić information content (AvgIpc) is 3.18. The van der Waals surface area contributed by atoms with Crippen LogP contribution in [0.4, 0.5) is 5.69 Å². The fourth-order valence-corrected chi connectivity index (χ4v) is 4.20. The Bertz CT molecular complexity index is 753. The quantitative estimate of drug-likeness (QED) is 0.902. The van der Waals surface area contributed by atoms with Gasteiger partial charge in [0.05, 0.1) is 23.6 Å². The smallest absolute Gasteiger partial charge is 0.241 e. The SMILES string of the molecule is Cc1cc(C)n(-c2ccc(NC(=O)C3CC4CCCCC4N3)cn2)n1. The van der Waals surface area contributed by atoms with Crippen molar-refractivity contribution in [2.24, 2.45) is 5.92 Å². The Morgan fingerprint density at radius 2 is 2.12 bits per heavy atom. The number of hydrogen-bond donors (Lipinski definition) is 2. The van der Waals surface area contributed by atoms with Crippen LogP contribution in [0.5, 0.6) is 0 Å². The molecule has 3 atom stereocenters. The lowest BCUT2D eigenvalue weighted by atomic mass is 9.85. The van der Waals surface area contributed by atoms with E-state index in [1.807, 2.05) is 36.7 Å². The van der Waals surface area contributed by atoms with Gasteiger partial charge in [0.15, 0.2) is 5.82 Å². The fraction of sp³-hybridized carbons (Fsp3) is 0.526. The molecule has 1 saturated heterocycles. The minimum absolute atomic E-state index is 0.0510. The van der Waals surface area contributed by atoms with Gasteiger partial charge in [0.2, 0.25) is 5.91 Å². The second-order valence-corrected chi connectivity index (χ2v) is 7.34. The van der Waals surface area contributed by atoms with Gasteiger partial charge in [-0.25, -0.2) is 9.67 Å². The summed E-state index contributed by atoms with van der Waals surface area (Å²) in [4.78, 5) is 17.0. The minimum Gasteiger partial charge on any atom is -0.323 e. The van der Waals surface area contributed by atoms with E-state index in [1.54, 1.807) is 6.20 Å². The van der Waals surface area contributed by atoms with E-state index in [0.29, 0.717) is 12.0 Å². The van der Waals surface area contributed by atoms with Crippen molar-refractivity contribution in [3.05, 3.63) is 35.8 Å². The molecule has 2 fully saturated rings. The molecule has 3 heterocycles. The van der Waals surface area contributed by atoms with Gasteiger partial charge in [-0.2, -0.15) is 5.10 Å². The lowest BCUT2D eigenvalue weighted by molar-refractivity contribution is -0.117. The molecule has 2 N–H and O–H groups in total. The Balaban J connectivity index is 1.41. The van der Waals surface area contributed by atoms with Crippen LogP contribution in [0, 0.1) is 19.8 Å². The van der Waals surface area contributed by atoms with Crippen molar-refractivity contribution < 1.29 is 4.79 Å². The summed E-state index contributed by atoms with van der Waals surface area (Å²) in [6, 6.07) is 6.23. The van der Waals surface area contributed by atoms with Gasteiger partial charge in [0, 0.05) is 11.7 Å². The summed E-state index contributed by atoms with van der Waals surface area (Å²) < 4.78 is 1.81. The molecule has 1 aliphatic carbocycles. The van der Waals surface area contributed by atoms with Crippen LogP contribution in [0.1, 0.15) is 43.5 Å². The number of aromatic nitrogens is 3. The van der Waals surface area contributed by atoms with Crippen LogP contribution in [-0.2, 0) is 4.79 Å². The largest absolute Gasteiger partial charge is 0.323 e. The summed E-state index contributed by atoms with van der Waals surface area (Å²) in [5.41, 5.74) is 2.73. The maximum absolute atomic E-state index is 12.6. The van der Waals surface area contributed by atoms with Gasteiger partial charge in [-0.1, -0.05) is 12.8 Å². The molecule has 0 radical (unpaired) electrons. The monoisotopic (exact) mass is 339 g/mol. The highest BCUT2D eigenvalue weighted by Crippen LogP contribution is 2.33. The topological polar surface area (TPSA) is 71.8 Å². The summed E-state index contributed by atoms with van der Waals surface area (Å²) in [5.74, 6) is 1.47. The summed E-state index contributed by atoms with van der Waals surface area (Å²) >= 11 is 0. The first kappa shape index (κ1) is 16.3. The van der Waals surface area contributed by atoms with Crippen LogP contribution in [0.2, 0.25) is 0 Å². The van der Waals surface area contributed by atoms with Gasteiger partial charge in [0.1, 0.15) is 0 Å². The molecule has 2 aromatic rings. The van der Waals surface area contributed by atoms with Crippen molar-refractivity contribution in [3.63, 3.8) is 0 Å². The second-order valence-electron chi connectivity index (χ2n) is 7.34. The first-order chi connectivity index (χ1) is 12.1. The molecule has 2 aromatic heterocycles. The van der Waals surface area contributed by atoms with Crippen molar-refractivity contribution in [1.29, 1.82) is 0 Å². The number of nitrogens with one attached hydrogen (secondary N) is 2. The van der Waals surface area contributed by atoms with Gasteiger partial charge >= 0.3 is 0 Å². The molecule has 132 valence electrons. The van der Waals surface area contributed by atoms with Gasteiger partial charge in [-0.05, 0) is 57.2 Å². The number of carbonyl (C=O) groups is 1. The Kier molecular flexibility index (Phi) is 4.29. The average molecular weight is 339 g/mol. The van der Waals surface area contributed by atoms with Crippen molar-refractivity contribution >= 4 is 11.6 Å². The number of aryl methyl sites for hydroxylation is 2. The molecular weight excluding hydrogens is 314 g/mol. The van der Waals surface area contributed by atoms with E-state index in [0.717, 1.165) is 29.3 Å². The predicted molar refractivity (Wildman–Crippen MR) is 96.7 cm³/mol. The molecule has 1 amide bonds. The standard InChI is InChI=1S/C19H25N5O/c1-12-9-13(2)24(23-12)18-8-7-15(11-20-18)21-19(25)17-10-14-5-3-4-6-16(14)22-17/h7-9,11,14,16-17,22H,3-6,10H2,1-2H3,(H,21,25). The molecule has 1 saturated carbocycles. The third-order valence-electron chi connectivity index (χ3n) is 5.42. The molecule has 0 aromatic carbocycles. The molecule has 25 heavy (non-hydrogen) atoms. The molecule has 4 rings (SSSR count). The second kappa shape index (κ2) is 6.59. The number of pyridine rings is 1. The Hall–Kier alpha value is -2.21. The third-order valence-corrected chi connectivity index (χ3v) is 5.42. The fourth-order valence-electron chi connectivity index (χ4n) is 4.20. The molecule has 0 bridgehead atoms. The summed E-state index contributed by atoms with van der Waals surface area (Å²) in [5, 5.41) is 10.9. The van der Waals surface area contributed by atoms with Gasteiger partial charge in [0.25, 0.3) is 0 Å². The van der Waals surface area contributed by atoms with E-state index in [2.05, 4.69) is 20.7 Å². The molecule has 1 aliphatic heterocycles. The Labute approximate surface area is 148 Å². The van der Waals surface area contributed by atoms with Crippen LogP contribution in [0.25, 0.3) is 5.82 Å². The van der Waals surface area contributed by atoms with Gasteiger partial charge in [-0.15, -0.1) is 0 Å². The highest BCUT2D eigenvalue weighted by Gasteiger charge is 2.38. The molecule has 6 nitrogen and oxygen atoms in total. The lowest BCUT2D eigenvalue weighted by Crippen LogP contribution is -2.39. The molecule has 3 unspecified atom stereocenters. The summed E-state index contributed by atoms with van der Waals surface area (Å²) in [6.07, 6.45) is 7.68. The number of anilines is 1. The lowest BCUT2D eigenvalue weighted by Gasteiger charge is -2.24. The van der Waals surface area contributed by atoms with E-state index in [4.69, 9.17) is 0 Å². The van der Waals surface area contributed by atoms with E-state index in [9.17, 15) is 4.79 Å². The highest BCUT2D eigenvalue weighted by atomic mass is 16.2. The number of amides is 1. The minimum atomic E-state index is -0.0798. The zero-order valence-electron chi connectivity index (χ0n) is 14.8. The number of fused-ring (bicyclic) bond motifs is 1. The first-order valence-electron chi connectivity index (χ1n) is 9.17. The predicted octanol–water partition coefficient (Wildman–Crippen LogP) is 2.74. The number of carbonyl (C=O) groups excluding carboxylic acids is 1. The maximum Gasteiger partial charge on any atom is 0.241 e. The summed E-state index contributed by atoms with van der Waals surface area (Å²) in [7, 11) is 0. The molecular formula is C19H25N5O.